The molecule has 3 aromatic rings. The summed E-state index contributed by atoms with van der Waals surface area (Å²) in [5.74, 6) is -1.56. The number of hydrogen-bond donors (Lipinski definition) is 1. The lowest BCUT2D eigenvalue weighted by Crippen LogP contribution is -2.58. The SMILES string of the molecule is CC(O)C12c3ccccc3C(c3ccccc31)C1C(=O)N(Cc3ccccc3)C(=O)C12. The van der Waals surface area contributed by atoms with E-state index in [2.05, 4.69) is 12.1 Å². The van der Waals surface area contributed by atoms with Crippen LogP contribution < -0.4 is 0 Å². The molecule has 31 heavy (non-hydrogen) atoms. The van der Waals surface area contributed by atoms with Crippen molar-refractivity contribution >= 4 is 11.8 Å². The molecule has 4 nitrogen and oxygen atoms in total. The number of carbonyl (C=O) groups excluding carboxylic acids is 2. The molecule has 154 valence electrons. The zero-order chi connectivity index (χ0) is 21.3. The van der Waals surface area contributed by atoms with Crippen LogP contribution in [-0.4, -0.2) is 27.9 Å². The Bertz CT molecular complexity index is 1170. The number of nitrogens with zero attached hydrogens (tertiary/aromatic N) is 1. The second kappa shape index (κ2) is 6.38. The minimum atomic E-state index is -0.926. The number of aliphatic hydroxyl groups is 1. The van der Waals surface area contributed by atoms with Crippen LogP contribution in [0.4, 0.5) is 0 Å². The number of aliphatic hydroxyl groups excluding tert-OH is 1. The van der Waals surface area contributed by atoms with Gasteiger partial charge in [-0.25, -0.2) is 0 Å². The standard InChI is InChI=1S/C27H23NO3/c1-16(29)27-20-13-7-5-11-18(20)22(19-12-6-8-14-21(19)27)23-24(27)26(31)28(25(23)30)15-17-9-3-2-4-10-17/h2-14,16,22-24,29H,15H2,1H3. The predicted molar refractivity (Wildman–Crippen MR) is 116 cm³/mol. The highest BCUT2D eigenvalue weighted by Gasteiger charge is 2.69. The van der Waals surface area contributed by atoms with Gasteiger partial charge in [0.25, 0.3) is 0 Å². The largest absolute Gasteiger partial charge is 0.392 e. The number of amides is 2. The molecule has 3 unspecified atom stereocenters. The third kappa shape index (κ3) is 2.18. The lowest BCUT2D eigenvalue weighted by Gasteiger charge is -2.55. The molecule has 1 heterocycles. The topological polar surface area (TPSA) is 57.6 Å². The normalized spacial score (nSPS) is 28.8. The molecule has 1 saturated heterocycles. The van der Waals surface area contributed by atoms with Crippen LogP contribution >= 0.6 is 0 Å². The number of rotatable bonds is 3. The van der Waals surface area contributed by atoms with Crippen molar-refractivity contribution in [2.75, 3.05) is 0 Å². The van der Waals surface area contributed by atoms with E-state index < -0.39 is 23.4 Å². The summed E-state index contributed by atoms with van der Waals surface area (Å²) >= 11 is 0. The molecule has 7 rings (SSSR count). The first kappa shape index (κ1) is 18.5. The van der Waals surface area contributed by atoms with Gasteiger partial charge in [-0.2, -0.15) is 0 Å². The maximum Gasteiger partial charge on any atom is 0.234 e. The molecule has 0 spiro atoms. The van der Waals surface area contributed by atoms with Crippen LogP contribution in [-0.2, 0) is 21.5 Å². The third-order valence-corrected chi connectivity index (χ3v) is 7.62. The van der Waals surface area contributed by atoms with Gasteiger partial charge < -0.3 is 5.11 Å². The Morgan fingerprint density at radius 2 is 1.39 bits per heavy atom. The molecule has 4 aliphatic rings. The van der Waals surface area contributed by atoms with Crippen LogP contribution in [0.1, 0.15) is 40.7 Å². The highest BCUT2D eigenvalue weighted by atomic mass is 16.3. The van der Waals surface area contributed by atoms with Crippen molar-refractivity contribution < 1.29 is 14.7 Å². The summed E-state index contributed by atoms with van der Waals surface area (Å²) in [5.41, 5.74) is 4.09. The summed E-state index contributed by atoms with van der Waals surface area (Å²) in [5, 5.41) is 11.3. The fraction of sp³-hybridized carbons (Fsp3) is 0.259. The zero-order valence-electron chi connectivity index (χ0n) is 17.2. The Hall–Kier alpha value is -3.24. The number of hydrogen-bond acceptors (Lipinski definition) is 3. The number of likely N-dealkylation sites (tertiary alicyclic amines) is 1. The summed E-state index contributed by atoms with van der Waals surface area (Å²) in [4.78, 5) is 29.0. The van der Waals surface area contributed by atoms with Gasteiger partial charge in [-0.15, -0.1) is 0 Å². The molecule has 1 N–H and O–H groups in total. The number of benzene rings is 3. The maximum atomic E-state index is 13.9. The van der Waals surface area contributed by atoms with Crippen LogP contribution in [0.25, 0.3) is 0 Å². The van der Waals surface area contributed by atoms with E-state index >= 15 is 0 Å². The molecular weight excluding hydrogens is 386 g/mol. The van der Waals surface area contributed by atoms with E-state index in [0.29, 0.717) is 0 Å². The lowest BCUT2D eigenvalue weighted by atomic mass is 9.46. The first-order valence-corrected chi connectivity index (χ1v) is 10.8. The second-order valence-electron chi connectivity index (χ2n) is 8.95. The van der Waals surface area contributed by atoms with Crippen molar-refractivity contribution in [2.24, 2.45) is 11.8 Å². The van der Waals surface area contributed by atoms with Crippen LogP contribution in [0.15, 0.2) is 78.9 Å². The minimum Gasteiger partial charge on any atom is -0.392 e. The molecule has 2 bridgehead atoms. The highest BCUT2D eigenvalue weighted by molar-refractivity contribution is 6.08. The molecule has 3 aliphatic carbocycles. The summed E-state index contributed by atoms with van der Waals surface area (Å²) in [6.07, 6.45) is -0.822. The van der Waals surface area contributed by atoms with E-state index in [1.165, 1.54) is 4.90 Å². The van der Waals surface area contributed by atoms with Crippen molar-refractivity contribution in [3.63, 3.8) is 0 Å². The van der Waals surface area contributed by atoms with E-state index in [4.69, 9.17) is 0 Å². The first-order chi connectivity index (χ1) is 15.1. The fourth-order valence-electron chi connectivity index (χ4n) is 6.52. The van der Waals surface area contributed by atoms with Crippen molar-refractivity contribution in [2.45, 2.75) is 30.9 Å². The average molecular weight is 409 g/mol. The maximum absolute atomic E-state index is 13.9. The van der Waals surface area contributed by atoms with Gasteiger partial charge in [0.2, 0.25) is 11.8 Å². The Labute approximate surface area is 181 Å². The van der Waals surface area contributed by atoms with Gasteiger partial charge in [0.1, 0.15) is 0 Å². The predicted octanol–water partition coefficient (Wildman–Crippen LogP) is 3.61. The highest BCUT2D eigenvalue weighted by Crippen LogP contribution is 2.65. The van der Waals surface area contributed by atoms with Gasteiger partial charge >= 0.3 is 0 Å². The molecular formula is C27H23NO3. The van der Waals surface area contributed by atoms with E-state index in [1.807, 2.05) is 66.7 Å². The second-order valence-corrected chi connectivity index (χ2v) is 8.95. The Morgan fingerprint density at radius 1 is 0.839 bits per heavy atom. The number of imide groups is 1. The Kier molecular flexibility index (Phi) is 3.81. The molecule has 4 heteroatoms. The van der Waals surface area contributed by atoms with Crippen molar-refractivity contribution in [1.29, 1.82) is 0 Å². The number of carbonyl (C=O) groups is 2. The summed E-state index contributed by atoms with van der Waals surface area (Å²) in [7, 11) is 0. The van der Waals surface area contributed by atoms with Crippen molar-refractivity contribution in [3.8, 4) is 0 Å². The Balaban J connectivity index is 1.60. The molecule has 2 amide bonds. The quantitative estimate of drug-likeness (QED) is 0.673. The monoisotopic (exact) mass is 409 g/mol. The van der Waals surface area contributed by atoms with Gasteiger partial charge in [-0.05, 0) is 34.7 Å². The van der Waals surface area contributed by atoms with Crippen LogP contribution in [0.2, 0.25) is 0 Å². The molecule has 1 fully saturated rings. The van der Waals surface area contributed by atoms with E-state index in [0.717, 1.165) is 27.8 Å². The summed E-state index contributed by atoms with van der Waals surface area (Å²) in [6, 6.07) is 25.7. The van der Waals surface area contributed by atoms with E-state index in [1.54, 1.807) is 6.92 Å². The zero-order valence-corrected chi connectivity index (χ0v) is 17.2. The van der Waals surface area contributed by atoms with Gasteiger partial charge in [0.05, 0.1) is 29.9 Å². The molecule has 0 saturated carbocycles. The average Bonchev–Trinajstić information content (AvgIpc) is 3.05. The van der Waals surface area contributed by atoms with E-state index in [-0.39, 0.29) is 24.3 Å². The fourth-order valence-corrected chi connectivity index (χ4v) is 6.52. The Morgan fingerprint density at radius 3 is 1.97 bits per heavy atom. The van der Waals surface area contributed by atoms with Gasteiger partial charge in [0.15, 0.2) is 0 Å². The van der Waals surface area contributed by atoms with Crippen LogP contribution in [0.3, 0.4) is 0 Å². The van der Waals surface area contributed by atoms with Crippen LogP contribution in [0.5, 0.6) is 0 Å². The van der Waals surface area contributed by atoms with E-state index in [9.17, 15) is 14.7 Å². The molecule has 3 atom stereocenters. The molecule has 0 aromatic heterocycles. The summed E-state index contributed by atoms with van der Waals surface area (Å²) < 4.78 is 0. The van der Waals surface area contributed by atoms with Gasteiger partial charge in [0, 0.05) is 5.92 Å². The molecule has 3 aromatic carbocycles. The summed E-state index contributed by atoms with van der Waals surface area (Å²) in [6.45, 7) is 2.02. The smallest absolute Gasteiger partial charge is 0.234 e. The molecule has 0 radical (unpaired) electrons. The lowest BCUT2D eigenvalue weighted by molar-refractivity contribution is -0.141. The van der Waals surface area contributed by atoms with Gasteiger partial charge in [-0.3, -0.25) is 14.5 Å². The van der Waals surface area contributed by atoms with Crippen LogP contribution in [0, 0.1) is 11.8 Å². The molecule has 1 aliphatic heterocycles. The van der Waals surface area contributed by atoms with Gasteiger partial charge in [-0.1, -0.05) is 78.9 Å². The van der Waals surface area contributed by atoms with Crippen molar-refractivity contribution in [1.82, 2.24) is 4.90 Å². The first-order valence-electron chi connectivity index (χ1n) is 10.8. The van der Waals surface area contributed by atoms with Crippen molar-refractivity contribution in [3.05, 3.63) is 107 Å². The minimum absolute atomic E-state index is 0.127. The third-order valence-electron chi connectivity index (χ3n) is 7.62.